The zero-order valence-electron chi connectivity index (χ0n) is 25.5. The van der Waals surface area contributed by atoms with E-state index in [0.29, 0.717) is 13.0 Å². The molecule has 1 unspecified atom stereocenters. The maximum absolute atomic E-state index is 14.2. The molecule has 0 spiro atoms. The molecule has 0 bridgehead atoms. The number of methoxy groups -OCH3 is 1. The third-order valence-corrected chi connectivity index (χ3v) is 7.68. The predicted octanol–water partition coefficient (Wildman–Crippen LogP) is 1.35. The minimum absolute atomic E-state index is 0. The summed E-state index contributed by atoms with van der Waals surface area (Å²) in [5.74, 6) is 1.71. The summed E-state index contributed by atoms with van der Waals surface area (Å²) >= 11 is 0. The number of pyridine rings is 1. The van der Waals surface area contributed by atoms with Crippen LogP contribution in [0.1, 0.15) is 73.9 Å². The van der Waals surface area contributed by atoms with Gasteiger partial charge in [0.05, 0.1) is 19.8 Å². The third kappa shape index (κ3) is 10.8. The molecule has 0 saturated carbocycles. The first kappa shape index (κ1) is 36.5. The smallest absolute Gasteiger partial charge is 0.857 e. The van der Waals surface area contributed by atoms with E-state index >= 15 is 0 Å². The van der Waals surface area contributed by atoms with Crippen molar-refractivity contribution in [3.8, 4) is 5.75 Å². The molecule has 1 fully saturated rings. The minimum atomic E-state index is -1.38. The van der Waals surface area contributed by atoms with Crippen molar-refractivity contribution in [2.75, 3.05) is 45.8 Å². The Balaban J connectivity index is 0.000000270. The molecular formula is C31H46F2KN3O4. The summed E-state index contributed by atoms with van der Waals surface area (Å²) in [6.45, 7) is 7.54. The predicted molar refractivity (Wildman–Crippen MR) is 152 cm³/mol. The SMILES string of the molecule is CC(C)(F)C1Cc2c(cc(F)cc2CN2CCCC2)CO1.COc1cc(CCCCO)nc2c1CCCN2.C[O-].[K+]. The van der Waals surface area contributed by atoms with E-state index in [1.54, 1.807) is 27.0 Å². The van der Waals surface area contributed by atoms with Gasteiger partial charge in [-0.1, -0.05) is 0 Å². The Morgan fingerprint density at radius 3 is 2.54 bits per heavy atom. The van der Waals surface area contributed by atoms with Gasteiger partial charge in [0.15, 0.2) is 0 Å². The molecule has 1 aromatic carbocycles. The molecule has 1 atom stereocenters. The van der Waals surface area contributed by atoms with Gasteiger partial charge in [0, 0.05) is 43.4 Å². The van der Waals surface area contributed by atoms with Crippen molar-refractivity contribution in [3.05, 3.63) is 52.0 Å². The number of hydrogen-bond acceptors (Lipinski definition) is 7. The standard InChI is InChI=1S/C17H23F2NO.C13H20N2O2.CH3O.K/c1-17(2,19)16-9-15-12(10-20-5-3-4-6-20)7-14(18)8-13(15)11-21-16;1-17-12-9-10(5-2-3-8-16)15-13-11(12)6-4-7-14-13;1-2;/h7-8,16H,3-6,9-11H2,1-2H3;9,16H,2-8H2,1H3,(H,14,15);1H3;/q;;-1;+1. The van der Waals surface area contributed by atoms with Crippen molar-refractivity contribution >= 4 is 5.82 Å². The second-order valence-corrected chi connectivity index (χ2v) is 11.1. The van der Waals surface area contributed by atoms with Crippen LogP contribution >= 0.6 is 0 Å². The number of anilines is 1. The molecule has 2 N–H and O–H groups in total. The first-order valence-corrected chi connectivity index (χ1v) is 14.4. The van der Waals surface area contributed by atoms with Crippen LogP contribution in [-0.2, 0) is 37.2 Å². The number of aliphatic hydroxyl groups excluding tert-OH is 1. The fourth-order valence-corrected chi connectivity index (χ4v) is 5.53. The number of nitrogens with one attached hydrogen (secondary N) is 1. The van der Waals surface area contributed by atoms with Gasteiger partial charge in [0.2, 0.25) is 0 Å². The molecule has 3 aliphatic rings. The second-order valence-electron chi connectivity index (χ2n) is 11.1. The first-order valence-electron chi connectivity index (χ1n) is 14.4. The fraction of sp³-hybridized carbons (Fsp3) is 0.645. The van der Waals surface area contributed by atoms with Gasteiger partial charge >= 0.3 is 51.4 Å². The van der Waals surface area contributed by atoms with Crippen molar-refractivity contribution in [2.45, 2.75) is 90.1 Å². The van der Waals surface area contributed by atoms with Crippen molar-refractivity contribution in [1.29, 1.82) is 0 Å². The molecule has 0 aliphatic carbocycles. The number of aromatic nitrogens is 1. The van der Waals surface area contributed by atoms with Crippen LogP contribution in [-0.4, -0.2) is 67.2 Å². The van der Waals surface area contributed by atoms with Gasteiger partial charge in [-0.25, -0.2) is 13.8 Å². The van der Waals surface area contributed by atoms with Crippen molar-refractivity contribution in [1.82, 2.24) is 9.88 Å². The normalized spacial score (nSPS) is 17.9. The Hall–Kier alpha value is -0.694. The Labute approximate surface area is 286 Å². The van der Waals surface area contributed by atoms with Crippen LogP contribution in [0.15, 0.2) is 18.2 Å². The summed E-state index contributed by atoms with van der Waals surface area (Å²) in [4.78, 5) is 6.97. The van der Waals surface area contributed by atoms with Crippen LogP contribution in [0.25, 0.3) is 0 Å². The van der Waals surface area contributed by atoms with Gasteiger partial charge < -0.3 is 25.0 Å². The Morgan fingerprint density at radius 1 is 1.15 bits per heavy atom. The van der Waals surface area contributed by atoms with E-state index in [2.05, 4.69) is 15.2 Å². The number of unbranched alkanes of at least 4 members (excludes halogenated alkanes) is 1. The summed E-state index contributed by atoms with van der Waals surface area (Å²) in [7, 11) is 2.46. The summed E-state index contributed by atoms with van der Waals surface area (Å²) in [6, 6.07) is 5.18. The van der Waals surface area contributed by atoms with Crippen LogP contribution in [0.2, 0.25) is 0 Å². The number of fused-ring (bicyclic) bond motifs is 2. The summed E-state index contributed by atoms with van der Waals surface area (Å²) in [6.07, 6.45) is 7.35. The molecule has 4 heterocycles. The Bertz CT molecular complexity index is 1060. The summed E-state index contributed by atoms with van der Waals surface area (Å²) < 4.78 is 39.0. The second kappa shape index (κ2) is 18.2. The van der Waals surface area contributed by atoms with Crippen LogP contribution in [0.3, 0.4) is 0 Å². The molecular weight excluding hydrogens is 555 g/mol. The molecule has 10 heteroatoms. The van der Waals surface area contributed by atoms with Crippen molar-refractivity contribution in [2.24, 2.45) is 0 Å². The number of alkyl halides is 1. The topological polar surface area (TPSA) is 89.9 Å². The molecule has 41 heavy (non-hydrogen) atoms. The van der Waals surface area contributed by atoms with E-state index in [1.165, 1.54) is 24.5 Å². The molecule has 2 aromatic rings. The zero-order chi connectivity index (χ0) is 29.1. The van der Waals surface area contributed by atoms with E-state index in [4.69, 9.17) is 19.7 Å². The quantitative estimate of drug-likeness (QED) is 0.349. The number of nitrogens with zero attached hydrogens (tertiary/aromatic N) is 2. The zero-order valence-corrected chi connectivity index (χ0v) is 28.7. The van der Waals surface area contributed by atoms with E-state index in [-0.39, 0.29) is 63.8 Å². The molecule has 3 aliphatic heterocycles. The van der Waals surface area contributed by atoms with E-state index in [1.807, 2.05) is 6.07 Å². The van der Waals surface area contributed by atoms with Gasteiger partial charge in [-0.2, -0.15) is 7.11 Å². The maximum Gasteiger partial charge on any atom is 1.00 e. The van der Waals surface area contributed by atoms with Crippen molar-refractivity contribution < 1.29 is 79.9 Å². The Kier molecular flexibility index (Phi) is 16.2. The average Bonchev–Trinajstić information content (AvgIpc) is 3.46. The average molecular weight is 602 g/mol. The van der Waals surface area contributed by atoms with Crippen molar-refractivity contribution in [3.63, 3.8) is 0 Å². The molecule has 0 amide bonds. The number of likely N-dealkylation sites (tertiary alicyclic amines) is 1. The van der Waals surface area contributed by atoms with Crippen LogP contribution < -0.4 is 66.5 Å². The number of benzene rings is 1. The maximum atomic E-state index is 14.2. The van der Waals surface area contributed by atoms with Gasteiger partial charge in [-0.15, -0.1) is 0 Å². The van der Waals surface area contributed by atoms with Gasteiger partial charge in [0.1, 0.15) is 23.1 Å². The van der Waals surface area contributed by atoms with E-state index in [9.17, 15) is 8.78 Å². The Morgan fingerprint density at radius 2 is 1.88 bits per heavy atom. The number of halogens is 2. The number of hydrogen-bond donors (Lipinski definition) is 2. The van der Waals surface area contributed by atoms with Crippen LogP contribution in [0, 0.1) is 5.82 Å². The van der Waals surface area contributed by atoms with Gasteiger partial charge in [0.25, 0.3) is 0 Å². The fourth-order valence-electron chi connectivity index (χ4n) is 5.53. The summed E-state index contributed by atoms with van der Waals surface area (Å²) in [5.41, 5.74) is 3.84. The van der Waals surface area contributed by atoms with Gasteiger partial charge in [-0.05, 0) is 101 Å². The number of aryl methyl sites for hydroxylation is 1. The van der Waals surface area contributed by atoms with Crippen LogP contribution in [0.4, 0.5) is 14.6 Å². The molecule has 1 saturated heterocycles. The monoisotopic (exact) mass is 601 g/mol. The van der Waals surface area contributed by atoms with E-state index in [0.717, 1.165) is 99.3 Å². The molecule has 224 valence electrons. The summed E-state index contributed by atoms with van der Waals surface area (Å²) in [5, 5.41) is 20.4. The van der Waals surface area contributed by atoms with Crippen LogP contribution in [0.5, 0.6) is 5.75 Å². The molecule has 1 aromatic heterocycles. The largest absolute Gasteiger partial charge is 1.00 e. The van der Waals surface area contributed by atoms with E-state index < -0.39 is 11.8 Å². The van der Waals surface area contributed by atoms with Gasteiger partial charge in [-0.3, -0.25) is 4.90 Å². The molecule has 0 radical (unpaired) electrons. The number of rotatable bonds is 8. The minimum Gasteiger partial charge on any atom is -0.857 e. The first-order chi connectivity index (χ1) is 19.3. The molecule has 7 nitrogen and oxygen atoms in total. The third-order valence-electron chi connectivity index (χ3n) is 7.68. The number of ether oxygens (including phenoxy) is 2. The molecule has 5 rings (SSSR count). The number of aliphatic hydroxyl groups is 1.